The van der Waals surface area contributed by atoms with Crippen LogP contribution < -0.4 is 0 Å². The average Bonchev–Trinajstić information content (AvgIpc) is 3.01. The van der Waals surface area contributed by atoms with Crippen molar-refractivity contribution >= 4 is 33.9 Å². The summed E-state index contributed by atoms with van der Waals surface area (Å²) in [6, 6.07) is 15.6. The van der Waals surface area contributed by atoms with Crippen LogP contribution in [0.15, 0.2) is 48.5 Å². The van der Waals surface area contributed by atoms with Gasteiger partial charge in [0.15, 0.2) is 11.3 Å². The van der Waals surface area contributed by atoms with Crippen LogP contribution in [-0.4, -0.2) is 32.7 Å². The number of fused-ring (bicyclic) bond motifs is 2. The summed E-state index contributed by atoms with van der Waals surface area (Å²) in [5.41, 5.74) is 4.17. The molecule has 0 saturated carbocycles. The Morgan fingerprint density at radius 3 is 2.42 bits per heavy atom. The number of halogens is 1. The molecule has 0 radical (unpaired) electrons. The highest BCUT2D eigenvalue weighted by atomic mass is 35.5. The van der Waals surface area contributed by atoms with Crippen molar-refractivity contribution in [3.63, 3.8) is 0 Å². The van der Waals surface area contributed by atoms with Crippen LogP contribution in [0.1, 0.15) is 13.3 Å². The maximum Gasteiger partial charge on any atom is 0.198 e. The number of hydrogen-bond donors (Lipinski definition) is 0. The highest BCUT2D eigenvalue weighted by Crippen LogP contribution is 2.26. The molecule has 4 rings (SSSR count). The smallest absolute Gasteiger partial charge is 0.198 e. The van der Waals surface area contributed by atoms with E-state index in [2.05, 4.69) is 4.57 Å². The fourth-order valence-electron chi connectivity index (χ4n) is 3.00. The van der Waals surface area contributed by atoms with Gasteiger partial charge in [0.05, 0.1) is 11.0 Å². The van der Waals surface area contributed by atoms with Crippen molar-refractivity contribution in [2.75, 3.05) is 13.2 Å². The number of benzene rings is 2. The number of para-hydroxylation sites is 2. The summed E-state index contributed by atoms with van der Waals surface area (Å²) >= 11 is 6.04. The largest absolute Gasteiger partial charge is 0.382 e. The number of imidazole rings is 1. The highest BCUT2D eigenvalue weighted by molar-refractivity contribution is 6.30. The van der Waals surface area contributed by atoms with Gasteiger partial charge in [0, 0.05) is 30.3 Å². The van der Waals surface area contributed by atoms with E-state index in [0.29, 0.717) is 17.3 Å². The van der Waals surface area contributed by atoms with Gasteiger partial charge in [-0.3, -0.25) is 0 Å². The van der Waals surface area contributed by atoms with Crippen LogP contribution in [0.3, 0.4) is 0 Å². The fraction of sp³-hybridized carbons (Fsp3) is 0.250. The molecular weight excluding hydrogens is 348 g/mol. The van der Waals surface area contributed by atoms with E-state index < -0.39 is 0 Å². The molecule has 2 heterocycles. The lowest BCUT2D eigenvalue weighted by atomic mass is 10.2. The lowest BCUT2D eigenvalue weighted by Crippen LogP contribution is -2.05. The third-order valence-corrected chi connectivity index (χ3v) is 4.49. The molecule has 0 bridgehead atoms. The Morgan fingerprint density at radius 2 is 1.69 bits per heavy atom. The summed E-state index contributed by atoms with van der Waals surface area (Å²) in [6.45, 7) is 4.20. The number of aryl methyl sites for hydroxylation is 1. The molecule has 5 nitrogen and oxygen atoms in total. The summed E-state index contributed by atoms with van der Waals surface area (Å²) < 4.78 is 7.61. The highest BCUT2D eigenvalue weighted by Gasteiger charge is 2.15. The molecule has 26 heavy (non-hydrogen) atoms. The second-order valence-electron chi connectivity index (χ2n) is 6.00. The normalized spacial score (nSPS) is 11.5. The van der Waals surface area contributed by atoms with Crippen molar-refractivity contribution in [3.05, 3.63) is 53.6 Å². The molecule has 6 heteroatoms. The molecule has 0 spiro atoms. The standard InChI is InChI=1S/C20H19ClN4O/c1-2-26-13-5-12-25-19(14-8-10-15(21)11-9-14)24-18-20(25)23-17-7-4-3-6-16(17)22-18/h3-4,6-11H,2,5,12-13H2,1H3. The summed E-state index contributed by atoms with van der Waals surface area (Å²) in [7, 11) is 0. The molecule has 0 aliphatic heterocycles. The average molecular weight is 367 g/mol. The van der Waals surface area contributed by atoms with Gasteiger partial charge in [0.1, 0.15) is 5.82 Å². The molecule has 2 aromatic carbocycles. The topological polar surface area (TPSA) is 52.8 Å². The minimum absolute atomic E-state index is 0.657. The van der Waals surface area contributed by atoms with Gasteiger partial charge in [-0.2, -0.15) is 0 Å². The lowest BCUT2D eigenvalue weighted by Gasteiger charge is -2.09. The van der Waals surface area contributed by atoms with Crippen LogP contribution in [0.4, 0.5) is 0 Å². The maximum atomic E-state index is 6.04. The Hall–Kier alpha value is -2.50. The van der Waals surface area contributed by atoms with E-state index in [1.54, 1.807) is 0 Å². The first-order valence-corrected chi connectivity index (χ1v) is 9.11. The lowest BCUT2D eigenvalue weighted by molar-refractivity contribution is 0.142. The van der Waals surface area contributed by atoms with Gasteiger partial charge < -0.3 is 9.30 Å². The first-order valence-electron chi connectivity index (χ1n) is 8.73. The van der Waals surface area contributed by atoms with Gasteiger partial charge in [-0.15, -0.1) is 0 Å². The minimum atomic E-state index is 0.657. The molecule has 0 unspecified atom stereocenters. The molecule has 0 aliphatic carbocycles. The third-order valence-electron chi connectivity index (χ3n) is 4.23. The predicted octanol–water partition coefficient (Wildman–Crippen LogP) is 4.73. The SMILES string of the molecule is CCOCCCn1c(-c2ccc(Cl)cc2)nc2nc3ccccc3nc21. The number of aromatic nitrogens is 4. The summed E-state index contributed by atoms with van der Waals surface area (Å²) in [5, 5.41) is 0.703. The van der Waals surface area contributed by atoms with Crippen molar-refractivity contribution in [1.82, 2.24) is 19.5 Å². The zero-order valence-corrected chi connectivity index (χ0v) is 15.3. The quantitative estimate of drug-likeness (QED) is 0.463. The van der Waals surface area contributed by atoms with Crippen LogP contribution in [0.2, 0.25) is 5.02 Å². The van der Waals surface area contributed by atoms with Gasteiger partial charge >= 0.3 is 0 Å². The summed E-state index contributed by atoms with van der Waals surface area (Å²) in [6.07, 6.45) is 0.883. The van der Waals surface area contributed by atoms with Gasteiger partial charge in [-0.25, -0.2) is 15.0 Å². The summed E-state index contributed by atoms with van der Waals surface area (Å²) in [5.74, 6) is 0.850. The maximum absolute atomic E-state index is 6.04. The van der Waals surface area contributed by atoms with E-state index in [4.69, 9.17) is 31.3 Å². The first-order chi connectivity index (χ1) is 12.8. The van der Waals surface area contributed by atoms with E-state index in [9.17, 15) is 0 Å². The second kappa shape index (κ2) is 7.40. The molecule has 0 saturated heterocycles. The van der Waals surface area contributed by atoms with E-state index in [1.807, 2.05) is 55.5 Å². The van der Waals surface area contributed by atoms with Gasteiger partial charge in [0.25, 0.3) is 0 Å². The molecular formula is C20H19ClN4O. The number of nitrogens with zero attached hydrogens (tertiary/aromatic N) is 4. The van der Waals surface area contributed by atoms with E-state index >= 15 is 0 Å². The van der Waals surface area contributed by atoms with E-state index in [1.165, 1.54) is 0 Å². The van der Waals surface area contributed by atoms with Crippen molar-refractivity contribution in [1.29, 1.82) is 0 Å². The van der Waals surface area contributed by atoms with Gasteiger partial charge in [0.2, 0.25) is 0 Å². The minimum Gasteiger partial charge on any atom is -0.382 e. The van der Waals surface area contributed by atoms with Crippen LogP contribution in [0, 0.1) is 0 Å². The van der Waals surface area contributed by atoms with Crippen LogP contribution in [0.5, 0.6) is 0 Å². The Morgan fingerprint density at radius 1 is 0.962 bits per heavy atom. The van der Waals surface area contributed by atoms with Gasteiger partial charge in [-0.1, -0.05) is 23.7 Å². The molecule has 0 N–H and O–H groups in total. The second-order valence-corrected chi connectivity index (χ2v) is 6.44. The van der Waals surface area contributed by atoms with Crippen LogP contribution >= 0.6 is 11.6 Å². The van der Waals surface area contributed by atoms with Crippen molar-refractivity contribution in [2.45, 2.75) is 19.9 Å². The molecule has 0 atom stereocenters. The number of ether oxygens (including phenoxy) is 1. The Labute approximate surface area is 156 Å². The Kier molecular flexibility index (Phi) is 4.82. The molecule has 4 aromatic rings. The summed E-state index contributed by atoms with van der Waals surface area (Å²) in [4.78, 5) is 14.3. The van der Waals surface area contributed by atoms with E-state index in [-0.39, 0.29) is 0 Å². The van der Waals surface area contributed by atoms with Crippen molar-refractivity contribution in [3.8, 4) is 11.4 Å². The molecule has 0 fully saturated rings. The number of hydrogen-bond acceptors (Lipinski definition) is 4. The van der Waals surface area contributed by atoms with Crippen LogP contribution in [-0.2, 0) is 11.3 Å². The monoisotopic (exact) mass is 366 g/mol. The first kappa shape index (κ1) is 16.9. The van der Waals surface area contributed by atoms with Crippen molar-refractivity contribution in [2.24, 2.45) is 0 Å². The van der Waals surface area contributed by atoms with Crippen LogP contribution in [0.25, 0.3) is 33.7 Å². The fourth-order valence-corrected chi connectivity index (χ4v) is 3.12. The zero-order valence-electron chi connectivity index (χ0n) is 14.5. The van der Waals surface area contributed by atoms with Crippen molar-refractivity contribution < 1.29 is 4.74 Å². The van der Waals surface area contributed by atoms with E-state index in [0.717, 1.165) is 47.6 Å². The molecule has 0 aliphatic rings. The Balaban J connectivity index is 1.84. The Bertz CT molecular complexity index is 1040. The molecule has 132 valence electrons. The zero-order chi connectivity index (χ0) is 17.9. The molecule has 0 amide bonds. The third kappa shape index (κ3) is 3.28. The molecule has 2 aromatic heterocycles. The van der Waals surface area contributed by atoms with Gasteiger partial charge in [-0.05, 0) is 49.7 Å². The number of rotatable bonds is 6. The predicted molar refractivity (Wildman–Crippen MR) is 104 cm³/mol.